The molecular weight excluding hydrogens is 1090 g/mol. The summed E-state index contributed by atoms with van der Waals surface area (Å²) >= 11 is 0. The van der Waals surface area contributed by atoms with E-state index in [9.17, 15) is 0 Å². The van der Waals surface area contributed by atoms with E-state index in [1.165, 1.54) is 143 Å². The first-order valence-corrected chi connectivity index (χ1v) is 32.8. The molecule has 0 N–H and O–H groups in total. The van der Waals surface area contributed by atoms with Gasteiger partial charge in [0.05, 0.1) is 55.8 Å². The molecule has 446 valence electrons. The fraction of sp³-hybridized carbons (Fsp3) is 0.233. The SMILES string of the molecule is CC(C)c1cccc(N(c2ccc(C(C)C)cc2-c2ccc(C(C)(C)C)cc2)c2ccc3c4cc5c(cc4n4c6ccccc6c2c34)c2ccc(N(c3cccc(C(C)C)c3)c3ccc(C(C)C)cc3-c3ccc(C(C)(C)C)cc3)c3c4ccccc4n5c23)c1. The summed E-state index contributed by atoms with van der Waals surface area (Å²) in [7, 11) is 0. The van der Waals surface area contributed by atoms with Crippen molar-refractivity contribution < 1.29 is 0 Å². The van der Waals surface area contributed by atoms with Crippen LogP contribution in [0, 0.1) is 0 Å². The van der Waals surface area contributed by atoms with E-state index >= 15 is 0 Å². The molecule has 4 heteroatoms. The molecule has 4 nitrogen and oxygen atoms in total. The molecule has 0 radical (unpaired) electrons. The van der Waals surface area contributed by atoms with Crippen molar-refractivity contribution in [2.24, 2.45) is 0 Å². The molecule has 0 spiro atoms. The number of aromatic nitrogens is 2. The Morgan fingerprint density at radius 2 is 0.644 bits per heavy atom. The lowest BCUT2D eigenvalue weighted by molar-refractivity contribution is 0.590. The first-order chi connectivity index (χ1) is 43.2. The molecule has 15 aromatic rings. The smallest absolute Gasteiger partial charge is 0.0641 e. The van der Waals surface area contributed by atoms with Gasteiger partial charge in [-0.05, 0) is 164 Å². The predicted octanol–water partition coefficient (Wildman–Crippen LogP) is 25.3. The predicted molar refractivity (Wildman–Crippen MR) is 390 cm³/mol. The summed E-state index contributed by atoms with van der Waals surface area (Å²) in [6.07, 6.45) is 0. The van der Waals surface area contributed by atoms with Crippen LogP contribution in [0.2, 0.25) is 0 Å². The van der Waals surface area contributed by atoms with Crippen LogP contribution in [0.4, 0.5) is 34.1 Å². The van der Waals surface area contributed by atoms with Gasteiger partial charge in [-0.2, -0.15) is 0 Å². The summed E-state index contributed by atoms with van der Waals surface area (Å²) in [5.41, 5.74) is 27.2. The number of hydrogen-bond acceptors (Lipinski definition) is 2. The fourth-order valence-electron chi connectivity index (χ4n) is 14.7. The maximum atomic E-state index is 2.59. The number of rotatable bonds is 12. The Bertz CT molecular complexity index is 4930. The Labute approximate surface area is 531 Å². The second kappa shape index (κ2) is 21.1. The summed E-state index contributed by atoms with van der Waals surface area (Å²) in [5.74, 6) is 1.44. The topological polar surface area (TPSA) is 15.3 Å². The largest absolute Gasteiger partial charge is 0.309 e. The van der Waals surface area contributed by atoms with Crippen LogP contribution in [0.15, 0.2) is 218 Å². The molecule has 0 saturated carbocycles. The van der Waals surface area contributed by atoms with Gasteiger partial charge in [0.1, 0.15) is 0 Å². The second-order valence-electron chi connectivity index (χ2n) is 29.0. The third kappa shape index (κ3) is 9.06. The van der Waals surface area contributed by atoms with Gasteiger partial charge in [-0.25, -0.2) is 0 Å². The van der Waals surface area contributed by atoms with E-state index in [1.54, 1.807) is 0 Å². The van der Waals surface area contributed by atoms with Gasteiger partial charge < -0.3 is 18.6 Å². The van der Waals surface area contributed by atoms with E-state index in [2.05, 4.69) is 334 Å². The minimum absolute atomic E-state index is 0.0412. The van der Waals surface area contributed by atoms with Gasteiger partial charge in [-0.15, -0.1) is 0 Å². The molecule has 4 heterocycles. The molecule has 0 unspecified atom stereocenters. The van der Waals surface area contributed by atoms with Gasteiger partial charge in [-0.3, -0.25) is 0 Å². The molecule has 0 bridgehead atoms. The van der Waals surface area contributed by atoms with Crippen LogP contribution in [-0.4, -0.2) is 8.80 Å². The molecule has 0 saturated heterocycles. The molecular formula is C86H82N4. The van der Waals surface area contributed by atoms with Gasteiger partial charge in [0.15, 0.2) is 0 Å². The maximum Gasteiger partial charge on any atom is 0.0641 e. The van der Waals surface area contributed by atoms with Crippen LogP contribution in [0.3, 0.4) is 0 Å². The molecule has 0 fully saturated rings. The Kier molecular flexibility index (Phi) is 13.4. The normalized spacial score (nSPS) is 12.7. The van der Waals surface area contributed by atoms with Crippen molar-refractivity contribution in [3.05, 3.63) is 252 Å². The number of anilines is 6. The summed E-state index contributed by atoms with van der Waals surface area (Å²) in [6, 6.07) is 84.6. The van der Waals surface area contributed by atoms with E-state index in [4.69, 9.17) is 0 Å². The number of benzene rings is 11. The van der Waals surface area contributed by atoms with E-state index in [0.717, 1.165) is 22.7 Å². The lowest BCUT2D eigenvalue weighted by Gasteiger charge is -2.30. The number of para-hydroxylation sites is 2. The lowest BCUT2D eigenvalue weighted by atomic mass is 9.85. The number of nitrogens with zero attached hydrogens (tertiary/aromatic N) is 4. The van der Waals surface area contributed by atoms with Crippen molar-refractivity contribution in [2.45, 2.75) is 131 Å². The zero-order valence-electron chi connectivity index (χ0n) is 54.9. The monoisotopic (exact) mass is 1170 g/mol. The molecule has 90 heavy (non-hydrogen) atoms. The Hall–Kier alpha value is -9.38. The summed E-state index contributed by atoms with van der Waals surface area (Å²) in [4.78, 5) is 5.15. The van der Waals surface area contributed by atoms with Crippen LogP contribution >= 0.6 is 0 Å². The summed E-state index contributed by atoms with van der Waals surface area (Å²) < 4.78 is 5.18. The fourth-order valence-corrected chi connectivity index (χ4v) is 14.7. The van der Waals surface area contributed by atoms with E-state index in [0.29, 0.717) is 23.7 Å². The molecule has 0 aliphatic carbocycles. The van der Waals surface area contributed by atoms with Crippen molar-refractivity contribution in [3.63, 3.8) is 0 Å². The van der Waals surface area contributed by atoms with Gasteiger partial charge in [0.25, 0.3) is 0 Å². The first-order valence-electron chi connectivity index (χ1n) is 32.8. The maximum absolute atomic E-state index is 2.59. The van der Waals surface area contributed by atoms with E-state index < -0.39 is 0 Å². The van der Waals surface area contributed by atoms with E-state index in [1.807, 2.05) is 0 Å². The van der Waals surface area contributed by atoms with Gasteiger partial charge in [0, 0.05) is 65.6 Å². The molecule has 0 amide bonds. The highest BCUT2D eigenvalue weighted by molar-refractivity contribution is 6.32. The minimum atomic E-state index is 0.0412. The lowest BCUT2D eigenvalue weighted by Crippen LogP contribution is -2.13. The molecule has 0 atom stereocenters. The highest BCUT2D eigenvalue weighted by Gasteiger charge is 2.31. The van der Waals surface area contributed by atoms with Crippen molar-refractivity contribution in [2.75, 3.05) is 9.80 Å². The molecule has 4 aromatic heterocycles. The minimum Gasteiger partial charge on any atom is -0.309 e. The average Bonchev–Trinajstić information content (AvgIpc) is 1.52. The zero-order valence-corrected chi connectivity index (χ0v) is 54.9. The van der Waals surface area contributed by atoms with Crippen molar-refractivity contribution in [3.8, 4) is 22.3 Å². The van der Waals surface area contributed by atoms with Gasteiger partial charge >= 0.3 is 0 Å². The second-order valence-corrected chi connectivity index (χ2v) is 29.0. The summed E-state index contributed by atoms with van der Waals surface area (Å²) in [6.45, 7) is 32.2. The summed E-state index contributed by atoms with van der Waals surface area (Å²) in [5, 5.41) is 9.99. The highest BCUT2D eigenvalue weighted by Crippen LogP contribution is 2.54. The average molecular weight is 1170 g/mol. The van der Waals surface area contributed by atoms with Crippen LogP contribution in [0.5, 0.6) is 0 Å². The van der Waals surface area contributed by atoms with Crippen LogP contribution in [0.25, 0.3) is 98.4 Å². The van der Waals surface area contributed by atoms with Crippen molar-refractivity contribution >= 4 is 110 Å². The van der Waals surface area contributed by atoms with Gasteiger partial charge in [-0.1, -0.05) is 230 Å². The standard InChI is InChI=1S/C86H82N4/c1-51(2)57-21-19-23-63(45-57)87(75-41-33-59(53(5)6)47-69(75)55-29-35-61(36-30-55)85(9,10)11)77-43-39-65-71-49-80-72(50-79(71)89-73-27-17-15-25-67(73)81(77)83(65)89)66-40-44-78(82-68-26-16-18-28-74(68)90(80)84(66)82)88(64-24-20-22-58(46-64)52(3)4)76-42-34-60(54(7)8)48-70(76)56-31-37-62(38-32-56)86(12,13)14/h15-54H,1-14H3. The number of hydrogen-bond donors (Lipinski definition) is 0. The Morgan fingerprint density at radius 1 is 0.289 bits per heavy atom. The number of fused-ring (bicyclic) bond motifs is 12. The van der Waals surface area contributed by atoms with Gasteiger partial charge in [0.2, 0.25) is 0 Å². The molecule has 0 aliphatic rings. The third-order valence-electron chi connectivity index (χ3n) is 19.8. The van der Waals surface area contributed by atoms with Crippen LogP contribution in [0.1, 0.15) is 154 Å². The molecule has 15 rings (SSSR count). The van der Waals surface area contributed by atoms with Crippen molar-refractivity contribution in [1.29, 1.82) is 0 Å². The third-order valence-corrected chi connectivity index (χ3v) is 19.8. The van der Waals surface area contributed by atoms with Crippen LogP contribution < -0.4 is 9.80 Å². The molecule has 0 aliphatic heterocycles. The Balaban J connectivity index is 0.991. The highest BCUT2D eigenvalue weighted by atomic mass is 15.2. The molecule has 11 aromatic carbocycles. The quantitative estimate of drug-likeness (QED) is 0.121. The van der Waals surface area contributed by atoms with E-state index in [-0.39, 0.29) is 10.8 Å². The van der Waals surface area contributed by atoms with Crippen LogP contribution in [-0.2, 0) is 10.8 Å². The Morgan fingerprint density at radius 3 is 1.01 bits per heavy atom. The first kappa shape index (κ1) is 57.1. The van der Waals surface area contributed by atoms with Crippen molar-refractivity contribution in [1.82, 2.24) is 8.80 Å². The zero-order chi connectivity index (χ0) is 62.4.